The average molecular weight is 342 g/mol. The predicted octanol–water partition coefficient (Wildman–Crippen LogP) is 2.47. The van der Waals surface area contributed by atoms with Crippen LogP contribution < -0.4 is 10.6 Å². The van der Waals surface area contributed by atoms with Crippen LogP contribution in [0.15, 0.2) is 22.8 Å². The zero-order valence-electron chi connectivity index (χ0n) is 10.6. The summed E-state index contributed by atoms with van der Waals surface area (Å²) in [6.45, 7) is 1.24. The summed E-state index contributed by atoms with van der Waals surface area (Å²) in [6.07, 6.45) is 2.61. The molecule has 112 valence electrons. The standard InChI is InChI=1S/C12H15Cl3N2O3/c13-12(14,15)11(16-7-8-3-1-5-19-8)17-10(18)9-4-2-6-20-9/h2,4,6,8,11,16H,1,3,5,7H2,(H,17,18)/t8-,11-/m0/s1. The van der Waals surface area contributed by atoms with Crippen LogP contribution in [0.1, 0.15) is 23.4 Å². The van der Waals surface area contributed by atoms with Crippen LogP contribution in [0.2, 0.25) is 0 Å². The van der Waals surface area contributed by atoms with Crippen molar-refractivity contribution in [3.05, 3.63) is 24.2 Å². The van der Waals surface area contributed by atoms with Crippen molar-refractivity contribution in [3.8, 4) is 0 Å². The number of hydrogen-bond donors (Lipinski definition) is 2. The molecule has 2 rings (SSSR count). The van der Waals surface area contributed by atoms with Gasteiger partial charge < -0.3 is 14.5 Å². The number of furan rings is 1. The van der Waals surface area contributed by atoms with Gasteiger partial charge in [0.05, 0.1) is 12.4 Å². The molecule has 0 aliphatic carbocycles. The highest BCUT2D eigenvalue weighted by Gasteiger charge is 2.35. The van der Waals surface area contributed by atoms with E-state index in [9.17, 15) is 4.79 Å². The van der Waals surface area contributed by atoms with Gasteiger partial charge in [-0.3, -0.25) is 10.1 Å². The quantitative estimate of drug-likeness (QED) is 0.638. The second-order valence-corrected chi connectivity index (χ2v) is 6.84. The second-order valence-electron chi connectivity index (χ2n) is 4.47. The zero-order chi connectivity index (χ0) is 14.6. The molecular weight excluding hydrogens is 327 g/mol. The molecule has 0 unspecified atom stereocenters. The van der Waals surface area contributed by atoms with Gasteiger partial charge in [0.1, 0.15) is 6.17 Å². The summed E-state index contributed by atoms with van der Waals surface area (Å²) < 4.78 is 8.78. The summed E-state index contributed by atoms with van der Waals surface area (Å²) in [5, 5.41) is 5.59. The molecule has 2 heterocycles. The minimum absolute atomic E-state index is 0.0744. The van der Waals surface area contributed by atoms with Crippen molar-refractivity contribution in [3.63, 3.8) is 0 Å². The van der Waals surface area contributed by atoms with Crippen molar-refractivity contribution in [2.24, 2.45) is 0 Å². The lowest BCUT2D eigenvalue weighted by atomic mass is 10.2. The summed E-state index contributed by atoms with van der Waals surface area (Å²) in [5.74, 6) is -0.297. The van der Waals surface area contributed by atoms with Crippen molar-refractivity contribution < 1.29 is 13.9 Å². The molecule has 2 N–H and O–H groups in total. The van der Waals surface area contributed by atoms with Crippen LogP contribution in [0, 0.1) is 0 Å². The Balaban J connectivity index is 1.91. The van der Waals surface area contributed by atoms with E-state index < -0.39 is 15.9 Å². The molecule has 1 aromatic rings. The Morgan fingerprint density at radius 1 is 1.50 bits per heavy atom. The molecule has 5 nitrogen and oxygen atoms in total. The number of ether oxygens (including phenoxy) is 1. The maximum absolute atomic E-state index is 11.9. The lowest BCUT2D eigenvalue weighted by Gasteiger charge is -2.27. The van der Waals surface area contributed by atoms with E-state index >= 15 is 0 Å². The lowest BCUT2D eigenvalue weighted by Crippen LogP contribution is -2.54. The van der Waals surface area contributed by atoms with Gasteiger partial charge in [-0.15, -0.1) is 0 Å². The zero-order valence-corrected chi connectivity index (χ0v) is 12.8. The van der Waals surface area contributed by atoms with Gasteiger partial charge in [0.2, 0.25) is 3.79 Å². The lowest BCUT2D eigenvalue weighted by molar-refractivity contribution is 0.0872. The number of hydrogen-bond acceptors (Lipinski definition) is 4. The summed E-state index contributed by atoms with van der Waals surface area (Å²) in [7, 11) is 0. The monoisotopic (exact) mass is 340 g/mol. The molecule has 1 aromatic heterocycles. The largest absolute Gasteiger partial charge is 0.459 e. The number of carbonyl (C=O) groups is 1. The van der Waals surface area contributed by atoms with E-state index in [1.165, 1.54) is 12.3 Å². The molecule has 0 bridgehead atoms. The van der Waals surface area contributed by atoms with Crippen molar-refractivity contribution in [1.82, 2.24) is 10.6 Å². The molecule has 1 amide bonds. The molecule has 1 fully saturated rings. The Morgan fingerprint density at radius 2 is 2.30 bits per heavy atom. The molecule has 1 saturated heterocycles. The molecule has 20 heavy (non-hydrogen) atoms. The first kappa shape index (κ1) is 15.9. The maximum atomic E-state index is 11.9. The Kier molecular flexibility index (Phi) is 5.57. The first-order chi connectivity index (χ1) is 9.47. The number of alkyl halides is 3. The van der Waals surface area contributed by atoms with Gasteiger partial charge in [-0.25, -0.2) is 0 Å². The molecule has 0 spiro atoms. The number of halogens is 3. The van der Waals surface area contributed by atoms with E-state index in [0.717, 1.165) is 19.4 Å². The van der Waals surface area contributed by atoms with Gasteiger partial charge in [-0.05, 0) is 25.0 Å². The van der Waals surface area contributed by atoms with Gasteiger partial charge in [0, 0.05) is 13.2 Å². The number of carbonyl (C=O) groups excluding carboxylic acids is 1. The Labute approximate surface area is 131 Å². The van der Waals surface area contributed by atoms with E-state index in [-0.39, 0.29) is 11.9 Å². The normalized spacial score (nSPS) is 20.9. The van der Waals surface area contributed by atoms with Gasteiger partial charge in [0.25, 0.3) is 5.91 Å². The summed E-state index contributed by atoms with van der Waals surface area (Å²) in [4.78, 5) is 11.9. The van der Waals surface area contributed by atoms with Crippen LogP contribution in [-0.2, 0) is 4.74 Å². The van der Waals surface area contributed by atoms with Gasteiger partial charge in [-0.2, -0.15) is 0 Å². The van der Waals surface area contributed by atoms with Crippen LogP contribution in [0.3, 0.4) is 0 Å². The van der Waals surface area contributed by atoms with Crippen LogP contribution >= 0.6 is 34.8 Å². The third kappa shape index (κ3) is 4.53. The van der Waals surface area contributed by atoms with Gasteiger partial charge in [0.15, 0.2) is 5.76 Å². The highest BCUT2D eigenvalue weighted by Crippen LogP contribution is 2.29. The van der Waals surface area contributed by atoms with Crippen molar-refractivity contribution in [2.45, 2.75) is 28.9 Å². The minimum atomic E-state index is -1.68. The first-order valence-corrected chi connectivity index (χ1v) is 7.36. The minimum Gasteiger partial charge on any atom is -0.459 e. The summed E-state index contributed by atoms with van der Waals surface area (Å²) >= 11 is 17.6. The first-order valence-electron chi connectivity index (χ1n) is 6.23. The SMILES string of the molecule is O=C(N[C@H](NC[C@@H]1CCCO1)C(Cl)(Cl)Cl)c1ccco1. The predicted molar refractivity (Wildman–Crippen MR) is 77.2 cm³/mol. The second kappa shape index (κ2) is 7.00. The average Bonchev–Trinajstić information content (AvgIpc) is 3.04. The van der Waals surface area contributed by atoms with E-state index in [4.69, 9.17) is 44.0 Å². The van der Waals surface area contributed by atoms with E-state index in [0.29, 0.717) is 6.54 Å². The van der Waals surface area contributed by atoms with Crippen LogP contribution in [0.25, 0.3) is 0 Å². The molecule has 1 aliphatic heterocycles. The third-order valence-electron chi connectivity index (χ3n) is 2.92. The highest BCUT2D eigenvalue weighted by molar-refractivity contribution is 6.68. The molecular formula is C12H15Cl3N2O3. The van der Waals surface area contributed by atoms with Gasteiger partial charge in [-0.1, -0.05) is 34.8 Å². The Bertz CT molecular complexity index is 428. The van der Waals surface area contributed by atoms with E-state index in [1.807, 2.05) is 0 Å². The van der Waals surface area contributed by atoms with E-state index in [2.05, 4.69) is 10.6 Å². The highest BCUT2D eigenvalue weighted by atomic mass is 35.6. The van der Waals surface area contributed by atoms with Crippen LogP contribution in [0.4, 0.5) is 0 Å². The van der Waals surface area contributed by atoms with Crippen molar-refractivity contribution in [2.75, 3.05) is 13.2 Å². The number of rotatable bonds is 5. The summed E-state index contributed by atoms with van der Waals surface area (Å²) in [5.41, 5.74) is 0. The third-order valence-corrected chi connectivity index (χ3v) is 3.58. The molecule has 8 heteroatoms. The maximum Gasteiger partial charge on any atom is 0.288 e. The smallest absolute Gasteiger partial charge is 0.288 e. The summed E-state index contributed by atoms with van der Waals surface area (Å²) in [6, 6.07) is 3.14. The Morgan fingerprint density at radius 3 is 2.85 bits per heavy atom. The van der Waals surface area contributed by atoms with Crippen LogP contribution in [-0.4, -0.2) is 35.1 Å². The number of amides is 1. The fourth-order valence-electron chi connectivity index (χ4n) is 1.91. The molecule has 2 atom stereocenters. The molecule has 0 aromatic carbocycles. The Hall–Kier alpha value is -0.460. The molecule has 0 saturated carbocycles. The fourth-order valence-corrected chi connectivity index (χ4v) is 2.31. The van der Waals surface area contributed by atoms with Gasteiger partial charge >= 0.3 is 0 Å². The topological polar surface area (TPSA) is 63.5 Å². The van der Waals surface area contributed by atoms with E-state index in [1.54, 1.807) is 6.07 Å². The van der Waals surface area contributed by atoms with Crippen molar-refractivity contribution >= 4 is 40.7 Å². The molecule has 1 aliphatic rings. The fraction of sp³-hybridized carbons (Fsp3) is 0.583. The van der Waals surface area contributed by atoms with Crippen molar-refractivity contribution in [1.29, 1.82) is 0 Å². The van der Waals surface area contributed by atoms with Crippen LogP contribution in [0.5, 0.6) is 0 Å². The molecule has 0 radical (unpaired) electrons. The number of nitrogens with one attached hydrogen (secondary N) is 2.